The van der Waals surface area contributed by atoms with Crippen molar-refractivity contribution >= 4 is 16.2 Å². The third kappa shape index (κ3) is 4.38. The minimum atomic E-state index is -3.75. The van der Waals surface area contributed by atoms with Gasteiger partial charge in [0.2, 0.25) is 0 Å². The van der Waals surface area contributed by atoms with E-state index in [-0.39, 0.29) is 19.5 Å². The van der Waals surface area contributed by atoms with E-state index < -0.39 is 27.9 Å². The van der Waals surface area contributed by atoms with Crippen LogP contribution in [0.3, 0.4) is 0 Å². The molecule has 1 saturated heterocycles. The smallest absolute Gasteiger partial charge is 0.306 e. The van der Waals surface area contributed by atoms with Crippen LogP contribution in [0.25, 0.3) is 0 Å². The average Bonchev–Trinajstić information content (AvgIpc) is 2.74. The van der Waals surface area contributed by atoms with Crippen LogP contribution in [0.5, 0.6) is 0 Å². The van der Waals surface area contributed by atoms with Gasteiger partial charge < -0.3 is 14.6 Å². The van der Waals surface area contributed by atoms with Gasteiger partial charge in [-0.3, -0.25) is 4.79 Å². The fourth-order valence-electron chi connectivity index (χ4n) is 1.80. The van der Waals surface area contributed by atoms with Crippen LogP contribution < -0.4 is 4.72 Å². The van der Waals surface area contributed by atoms with Crippen molar-refractivity contribution in [3.05, 3.63) is 0 Å². The van der Waals surface area contributed by atoms with Gasteiger partial charge in [0, 0.05) is 33.2 Å². The minimum absolute atomic E-state index is 0.00644. The Morgan fingerprint density at radius 2 is 2.25 bits per heavy atom. The molecule has 2 atom stereocenters. The molecule has 0 bridgehead atoms. The molecule has 20 heavy (non-hydrogen) atoms. The van der Waals surface area contributed by atoms with Crippen LogP contribution in [0.15, 0.2) is 0 Å². The number of esters is 1. The molecule has 118 valence electrons. The van der Waals surface area contributed by atoms with Gasteiger partial charge in [0.25, 0.3) is 10.2 Å². The number of nitrogens with zero attached hydrogens (tertiary/aromatic N) is 1. The Morgan fingerprint density at radius 3 is 2.75 bits per heavy atom. The van der Waals surface area contributed by atoms with Gasteiger partial charge in [0.05, 0.1) is 19.6 Å². The van der Waals surface area contributed by atoms with Crippen LogP contribution in [-0.4, -0.2) is 69.4 Å². The first-order chi connectivity index (χ1) is 9.21. The highest BCUT2D eigenvalue weighted by Crippen LogP contribution is 2.24. The van der Waals surface area contributed by atoms with E-state index in [0.717, 1.165) is 4.31 Å². The Balaban J connectivity index is 2.50. The van der Waals surface area contributed by atoms with Crippen molar-refractivity contribution in [1.82, 2.24) is 9.03 Å². The van der Waals surface area contributed by atoms with E-state index in [2.05, 4.69) is 9.46 Å². The lowest BCUT2D eigenvalue weighted by Crippen LogP contribution is -2.50. The van der Waals surface area contributed by atoms with Crippen LogP contribution in [0.4, 0.5) is 0 Å². The molecule has 9 heteroatoms. The highest BCUT2D eigenvalue weighted by Gasteiger charge is 2.40. The lowest BCUT2D eigenvalue weighted by molar-refractivity contribution is -0.140. The summed E-state index contributed by atoms with van der Waals surface area (Å²) in [5.74, 6) is -0.483. The summed E-state index contributed by atoms with van der Waals surface area (Å²) < 4.78 is 36.9. The molecule has 0 aliphatic carbocycles. The molecule has 0 saturated carbocycles. The average molecular weight is 310 g/mol. The molecule has 1 heterocycles. The molecule has 2 unspecified atom stereocenters. The third-order valence-corrected chi connectivity index (χ3v) is 5.00. The van der Waals surface area contributed by atoms with Crippen molar-refractivity contribution in [2.45, 2.75) is 31.5 Å². The molecular weight excluding hydrogens is 288 g/mol. The number of ether oxygens (including phenoxy) is 2. The summed E-state index contributed by atoms with van der Waals surface area (Å²) in [6.45, 7) is 1.98. The fraction of sp³-hybridized carbons (Fsp3) is 0.909. The van der Waals surface area contributed by atoms with Crippen LogP contribution in [0.1, 0.15) is 19.8 Å². The molecule has 1 rings (SSSR count). The topological polar surface area (TPSA) is 105 Å². The number of nitrogens with one attached hydrogen (secondary N) is 1. The zero-order chi connectivity index (χ0) is 15.4. The predicted octanol–water partition coefficient (Wildman–Crippen LogP) is -1.14. The summed E-state index contributed by atoms with van der Waals surface area (Å²) in [5, 5.41) is 10.2. The van der Waals surface area contributed by atoms with Crippen LogP contribution in [0.2, 0.25) is 0 Å². The van der Waals surface area contributed by atoms with Gasteiger partial charge in [-0.25, -0.2) is 0 Å². The molecule has 8 nitrogen and oxygen atoms in total. The lowest BCUT2D eigenvalue weighted by Gasteiger charge is -2.27. The number of carbonyl (C=O) groups excluding carboxylic acids is 1. The molecule has 1 fully saturated rings. The van der Waals surface area contributed by atoms with E-state index in [4.69, 9.17) is 4.74 Å². The maximum atomic E-state index is 11.9. The first kappa shape index (κ1) is 17.3. The van der Waals surface area contributed by atoms with Crippen LogP contribution >= 0.6 is 0 Å². The first-order valence-electron chi connectivity index (χ1n) is 6.33. The molecule has 0 amide bonds. The van der Waals surface area contributed by atoms with E-state index in [1.807, 2.05) is 0 Å². The summed E-state index contributed by atoms with van der Waals surface area (Å²) in [6, 6.07) is 0. The second-order valence-corrected chi connectivity index (χ2v) is 6.70. The molecule has 2 N–H and O–H groups in total. The number of methoxy groups -OCH3 is 1. The Labute approximate surface area is 119 Å². The molecular formula is C11H22N2O6S. The Morgan fingerprint density at radius 1 is 1.60 bits per heavy atom. The van der Waals surface area contributed by atoms with E-state index >= 15 is 0 Å². The Kier molecular flexibility index (Phi) is 5.90. The molecule has 0 spiro atoms. The first-order valence-corrected chi connectivity index (χ1v) is 7.77. The molecule has 0 aromatic carbocycles. The summed E-state index contributed by atoms with van der Waals surface area (Å²) in [5.41, 5.74) is -1.20. The summed E-state index contributed by atoms with van der Waals surface area (Å²) in [4.78, 5) is 11.0. The SMILES string of the molecule is COC(=O)CCN(C)S(=O)(=O)NCC1(O)CCOC1C. The fourth-order valence-corrected chi connectivity index (χ4v) is 2.78. The Bertz CT molecular complexity index is 440. The second-order valence-electron chi connectivity index (χ2n) is 4.84. The normalized spacial score (nSPS) is 26.9. The van der Waals surface area contributed by atoms with Gasteiger partial charge in [-0.05, 0) is 6.92 Å². The number of hydrogen-bond acceptors (Lipinski definition) is 6. The quantitative estimate of drug-likeness (QED) is 0.576. The summed E-state index contributed by atoms with van der Waals surface area (Å²) in [7, 11) is -1.16. The third-order valence-electron chi connectivity index (χ3n) is 3.49. The number of aliphatic hydroxyl groups is 1. The van der Waals surface area contributed by atoms with Gasteiger partial charge in [-0.15, -0.1) is 0 Å². The lowest BCUT2D eigenvalue weighted by atomic mass is 9.97. The standard InChI is InChI=1S/C11H22N2O6S/c1-9-11(15,5-7-19-9)8-12-20(16,17)13(2)6-4-10(14)18-3/h9,12,15H,4-8H2,1-3H3. The van der Waals surface area contributed by atoms with Crippen molar-refractivity contribution in [2.75, 3.05) is 33.9 Å². The highest BCUT2D eigenvalue weighted by molar-refractivity contribution is 7.87. The van der Waals surface area contributed by atoms with E-state index in [1.165, 1.54) is 14.2 Å². The van der Waals surface area contributed by atoms with Crippen molar-refractivity contribution < 1.29 is 27.8 Å². The summed E-state index contributed by atoms with van der Waals surface area (Å²) in [6.07, 6.45) is -0.0779. The monoisotopic (exact) mass is 310 g/mol. The van der Waals surface area contributed by atoms with Crippen molar-refractivity contribution in [3.63, 3.8) is 0 Å². The van der Waals surface area contributed by atoms with Gasteiger partial charge in [-0.1, -0.05) is 0 Å². The van der Waals surface area contributed by atoms with Gasteiger partial charge in [0.15, 0.2) is 0 Å². The zero-order valence-electron chi connectivity index (χ0n) is 12.0. The predicted molar refractivity (Wildman–Crippen MR) is 71.2 cm³/mol. The molecule has 0 radical (unpaired) electrons. The maximum Gasteiger partial charge on any atom is 0.306 e. The molecule has 0 aromatic rings. The summed E-state index contributed by atoms with van der Waals surface area (Å²) >= 11 is 0. The van der Waals surface area contributed by atoms with Crippen molar-refractivity contribution in [3.8, 4) is 0 Å². The Hall–Kier alpha value is -0.740. The zero-order valence-corrected chi connectivity index (χ0v) is 12.8. The number of rotatable bonds is 7. The number of hydrogen-bond donors (Lipinski definition) is 2. The maximum absolute atomic E-state index is 11.9. The molecule has 1 aliphatic heterocycles. The minimum Gasteiger partial charge on any atom is -0.469 e. The molecule has 0 aromatic heterocycles. The van der Waals surface area contributed by atoms with Gasteiger partial charge in [0.1, 0.15) is 5.60 Å². The largest absolute Gasteiger partial charge is 0.469 e. The molecule has 1 aliphatic rings. The second kappa shape index (κ2) is 6.81. The highest BCUT2D eigenvalue weighted by atomic mass is 32.2. The van der Waals surface area contributed by atoms with Crippen molar-refractivity contribution in [2.24, 2.45) is 0 Å². The van der Waals surface area contributed by atoms with E-state index in [0.29, 0.717) is 13.0 Å². The van der Waals surface area contributed by atoms with E-state index in [9.17, 15) is 18.3 Å². The van der Waals surface area contributed by atoms with Gasteiger partial charge in [-0.2, -0.15) is 17.4 Å². The van der Waals surface area contributed by atoms with E-state index in [1.54, 1.807) is 6.92 Å². The van der Waals surface area contributed by atoms with Crippen LogP contribution in [-0.2, 0) is 24.5 Å². The number of carbonyl (C=O) groups is 1. The van der Waals surface area contributed by atoms with Crippen LogP contribution in [0, 0.1) is 0 Å². The van der Waals surface area contributed by atoms with Crippen molar-refractivity contribution in [1.29, 1.82) is 0 Å². The van der Waals surface area contributed by atoms with Gasteiger partial charge >= 0.3 is 5.97 Å².